The second-order valence-corrected chi connectivity index (χ2v) is 5.54. The summed E-state index contributed by atoms with van der Waals surface area (Å²) in [6.07, 6.45) is 1.24. The summed E-state index contributed by atoms with van der Waals surface area (Å²) >= 11 is 0. The SMILES string of the molecule is Cc1cc(N2CCC(C(=O)O)CC2)c2cc(F)ccc2n1. The van der Waals surface area contributed by atoms with Gasteiger partial charge in [-0.05, 0) is 44.0 Å². The molecule has 1 saturated heterocycles. The van der Waals surface area contributed by atoms with E-state index in [1.165, 1.54) is 12.1 Å². The van der Waals surface area contributed by atoms with Crippen LogP contribution in [0.25, 0.3) is 10.9 Å². The van der Waals surface area contributed by atoms with Crippen LogP contribution in [0.2, 0.25) is 0 Å². The zero-order valence-electron chi connectivity index (χ0n) is 11.8. The number of halogens is 1. The number of aryl methyl sites for hydroxylation is 1. The average molecular weight is 288 g/mol. The molecule has 1 fully saturated rings. The second-order valence-electron chi connectivity index (χ2n) is 5.54. The molecule has 0 bridgehead atoms. The molecule has 1 aliphatic rings. The molecule has 21 heavy (non-hydrogen) atoms. The predicted octanol–water partition coefficient (Wildman–Crippen LogP) is 2.98. The Morgan fingerprint density at radius 1 is 1.33 bits per heavy atom. The van der Waals surface area contributed by atoms with Gasteiger partial charge in [0.1, 0.15) is 5.82 Å². The number of pyridine rings is 1. The maximum absolute atomic E-state index is 13.5. The number of carbonyl (C=O) groups is 1. The summed E-state index contributed by atoms with van der Waals surface area (Å²) < 4.78 is 13.5. The topological polar surface area (TPSA) is 53.4 Å². The zero-order chi connectivity index (χ0) is 15.0. The molecule has 5 heteroatoms. The van der Waals surface area contributed by atoms with Gasteiger partial charge in [-0.25, -0.2) is 4.39 Å². The van der Waals surface area contributed by atoms with E-state index in [-0.39, 0.29) is 11.7 Å². The van der Waals surface area contributed by atoms with E-state index in [2.05, 4.69) is 9.88 Å². The molecule has 1 aromatic carbocycles. The van der Waals surface area contributed by atoms with Crippen molar-refractivity contribution >= 4 is 22.6 Å². The molecule has 0 spiro atoms. The molecule has 0 aliphatic carbocycles. The lowest BCUT2D eigenvalue weighted by Crippen LogP contribution is -2.36. The van der Waals surface area contributed by atoms with E-state index in [4.69, 9.17) is 5.11 Å². The largest absolute Gasteiger partial charge is 0.481 e. The van der Waals surface area contributed by atoms with Crippen LogP contribution in [0, 0.1) is 18.7 Å². The van der Waals surface area contributed by atoms with Crippen molar-refractivity contribution in [2.45, 2.75) is 19.8 Å². The van der Waals surface area contributed by atoms with Gasteiger partial charge >= 0.3 is 5.97 Å². The third-order valence-electron chi connectivity index (χ3n) is 4.06. The van der Waals surface area contributed by atoms with E-state index in [1.54, 1.807) is 6.07 Å². The van der Waals surface area contributed by atoms with Crippen molar-refractivity contribution in [3.8, 4) is 0 Å². The Balaban J connectivity index is 1.97. The van der Waals surface area contributed by atoms with Crippen LogP contribution >= 0.6 is 0 Å². The fourth-order valence-electron chi connectivity index (χ4n) is 2.94. The first-order valence-corrected chi connectivity index (χ1v) is 7.09. The predicted molar refractivity (Wildman–Crippen MR) is 79.0 cm³/mol. The lowest BCUT2D eigenvalue weighted by atomic mass is 9.96. The maximum atomic E-state index is 13.5. The lowest BCUT2D eigenvalue weighted by molar-refractivity contribution is -0.142. The molecule has 1 aromatic heterocycles. The Bertz CT molecular complexity index is 694. The number of hydrogen-bond acceptors (Lipinski definition) is 3. The van der Waals surface area contributed by atoms with Crippen molar-refractivity contribution < 1.29 is 14.3 Å². The summed E-state index contributed by atoms with van der Waals surface area (Å²) in [5, 5.41) is 9.86. The van der Waals surface area contributed by atoms with Gasteiger partial charge in [0.15, 0.2) is 0 Å². The van der Waals surface area contributed by atoms with Crippen molar-refractivity contribution in [3.63, 3.8) is 0 Å². The number of rotatable bonds is 2. The molecule has 2 aromatic rings. The first kappa shape index (κ1) is 13.8. The highest BCUT2D eigenvalue weighted by Crippen LogP contribution is 2.30. The van der Waals surface area contributed by atoms with Crippen molar-refractivity contribution in [1.29, 1.82) is 0 Å². The zero-order valence-corrected chi connectivity index (χ0v) is 11.8. The number of benzene rings is 1. The molecule has 1 N–H and O–H groups in total. The number of hydrogen-bond donors (Lipinski definition) is 1. The monoisotopic (exact) mass is 288 g/mol. The summed E-state index contributed by atoms with van der Waals surface area (Å²) in [6.45, 7) is 3.26. The minimum Gasteiger partial charge on any atom is -0.481 e. The van der Waals surface area contributed by atoms with Crippen LogP contribution in [-0.2, 0) is 4.79 Å². The van der Waals surface area contributed by atoms with E-state index in [9.17, 15) is 9.18 Å². The number of carboxylic acids is 1. The number of aliphatic carboxylic acids is 1. The van der Waals surface area contributed by atoms with E-state index in [0.717, 1.165) is 22.3 Å². The van der Waals surface area contributed by atoms with E-state index < -0.39 is 5.97 Å². The standard InChI is InChI=1S/C16H17FN2O2/c1-10-8-15(13-9-12(17)2-3-14(13)18-10)19-6-4-11(5-7-19)16(20)21/h2-3,8-9,11H,4-7H2,1H3,(H,20,21). The minimum atomic E-state index is -0.725. The van der Waals surface area contributed by atoms with Gasteiger partial charge in [0, 0.05) is 29.9 Å². The fraction of sp³-hybridized carbons (Fsp3) is 0.375. The van der Waals surface area contributed by atoms with Crippen LogP contribution in [0.1, 0.15) is 18.5 Å². The van der Waals surface area contributed by atoms with E-state index in [1.807, 2.05) is 13.0 Å². The van der Waals surface area contributed by atoms with Crippen molar-refractivity contribution in [3.05, 3.63) is 35.8 Å². The molecule has 0 radical (unpaired) electrons. The number of nitrogens with zero attached hydrogens (tertiary/aromatic N) is 2. The van der Waals surface area contributed by atoms with Gasteiger partial charge in [-0.15, -0.1) is 0 Å². The summed E-state index contributed by atoms with van der Waals surface area (Å²) in [5.41, 5.74) is 2.59. The van der Waals surface area contributed by atoms with Gasteiger partial charge in [-0.1, -0.05) is 0 Å². The van der Waals surface area contributed by atoms with Gasteiger partial charge < -0.3 is 10.0 Å². The Morgan fingerprint density at radius 3 is 2.71 bits per heavy atom. The molecule has 0 unspecified atom stereocenters. The third kappa shape index (κ3) is 2.68. The van der Waals surface area contributed by atoms with Gasteiger partial charge in [0.2, 0.25) is 0 Å². The Labute approximate surface area is 122 Å². The summed E-state index contributed by atoms with van der Waals surface area (Å²) in [5.74, 6) is -1.28. The summed E-state index contributed by atoms with van der Waals surface area (Å²) in [7, 11) is 0. The number of piperidine rings is 1. The number of anilines is 1. The van der Waals surface area contributed by atoms with Crippen LogP contribution in [-0.4, -0.2) is 29.1 Å². The normalized spacial score (nSPS) is 16.4. The number of carboxylic acid groups (broad SMARTS) is 1. The Hall–Kier alpha value is -2.17. The highest BCUT2D eigenvalue weighted by atomic mass is 19.1. The summed E-state index contributed by atoms with van der Waals surface area (Å²) in [4.78, 5) is 17.6. The second kappa shape index (κ2) is 5.31. The van der Waals surface area contributed by atoms with Crippen LogP contribution < -0.4 is 4.90 Å². The van der Waals surface area contributed by atoms with E-state index in [0.29, 0.717) is 25.9 Å². The lowest BCUT2D eigenvalue weighted by Gasteiger charge is -2.32. The molecule has 1 aliphatic heterocycles. The van der Waals surface area contributed by atoms with Gasteiger partial charge in [-0.3, -0.25) is 9.78 Å². The van der Waals surface area contributed by atoms with Crippen molar-refractivity contribution in [2.24, 2.45) is 5.92 Å². The number of aromatic nitrogens is 1. The molecule has 3 rings (SSSR count). The first-order chi connectivity index (χ1) is 10.0. The van der Waals surface area contributed by atoms with Crippen LogP contribution in [0.3, 0.4) is 0 Å². The summed E-state index contributed by atoms with van der Waals surface area (Å²) in [6, 6.07) is 6.55. The molecule has 0 saturated carbocycles. The van der Waals surface area contributed by atoms with E-state index >= 15 is 0 Å². The number of fused-ring (bicyclic) bond motifs is 1. The molecular weight excluding hydrogens is 271 g/mol. The quantitative estimate of drug-likeness (QED) is 0.923. The molecule has 4 nitrogen and oxygen atoms in total. The molecule has 2 heterocycles. The fourth-order valence-corrected chi connectivity index (χ4v) is 2.94. The average Bonchev–Trinajstić information content (AvgIpc) is 2.47. The van der Waals surface area contributed by atoms with Gasteiger partial charge in [-0.2, -0.15) is 0 Å². The first-order valence-electron chi connectivity index (χ1n) is 7.09. The Morgan fingerprint density at radius 2 is 2.05 bits per heavy atom. The smallest absolute Gasteiger partial charge is 0.306 e. The van der Waals surface area contributed by atoms with Crippen LogP contribution in [0.15, 0.2) is 24.3 Å². The maximum Gasteiger partial charge on any atom is 0.306 e. The highest BCUT2D eigenvalue weighted by Gasteiger charge is 2.25. The molecule has 0 atom stereocenters. The van der Waals surface area contributed by atoms with Gasteiger partial charge in [0.05, 0.1) is 11.4 Å². The minimum absolute atomic E-state index is 0.271. The Kier molecular flexibility index (Phi) is 3.49. The molecular formula is C16H17FN2O2. The molecule has 0 amide bonds. The highest BCUT2D eigenvalue weighted by molar-refractivity contribution is 5.92. The van der Waals surface area contributed by atoms with Gasteiger partial charge in [0.25, 0.3) is 0 Å². The van der Waals surface area contributed by atoms with Crippen LogP contribution in [0.5, 0.6) is 0 Å². The van der Waals surface area contributed by atoms with Crippen molar-refractivity contribution in [1.82, 2.24) is 4.98 Å². The third-order valence-corrected chi connectivity index (χ3v) is 4.06. The molecule has 110 valence electrons. The van der Waals surface area contributed by atoms with Crippen LogP contribution in [0.4, 0.5) is 10.1 Å². The van der Waals surface area contributed by atoms with Crippen molar-refractivity contribution in [2.75, 3.05) is 18.0 Å².